The van der Waals surface area contributed by atoms with Crippen LogP contribution in [0.1, 0.15) is 24.1 Å². The van der Waals surface area contributed by atoms with E-state index in [4.69, 9.17) is 44.3 Å². The lowest BCUT2D eigenvalue weighted by Crippen LogP contribution is -2.60. The number of fused-ring (bicyclic) bond motifs is 4. The molecule has 6 atom stereocenters. The van der Waals surface area contributed by atoms with Gasteiger partial charge in [-0.2, -0.15) is 18.2 Å². The highest BCUT2D eigenvalue weighted by Gasteiger charge is 2.76. The van der Waals surface area contributed by atoms with Crippen LogP contribution in [0.15, 0.2) is 66.3 Å². The van der Waals surface area contributed by atoms with Gasteiger partial charge in [0.25, 0.3) is 23.6 Å². The first kappa shape index (κ1) is 38.4. The fourth-order valence-electron chi connectivity index (χ4n) is 8.05. The van der Waals surface area contributed by atoms with Crippen molar-refractivity contribution in [3.05, 3.63) is 88.4 Å². The molecule has 0 spiro atoms. The molecule has 3 heterocycles. The quantitative estimate of drug-likeness (QED) is 0.119. The molecule has 1 saturated carbocycles. The molecule has 4 amide bonds. The number of aromatic hydroxyl groups is 1. The van der Waals surface area contributed by atoms with Crippen molar-refractivity contribution in [2.45, 2.75) is 28.8 Å². The van der Waals surface area contributed by atoms with Crippen molar-refractivity contribution in [2.24, 2.45) is 23.7 Å². The molecule has 2 aromatic carbocycles. The molecule has 1 aromatic heterocycles. The van der Waals surface area contributed by atoms with Gasteiger partial charge in [0, 0.05) is 13.0 Å². The molecule has 3 aromatic rings. The third kappa shape index (κ3) is 5.72. The number of carbonyl (C=O) groups excluding carboxylic acids is 4. The number of phenolic OH excluding ortho intramolecular Hbond substituents is 1. The van der Waals surface area contributed by atoms with E-state index in [2.05, 4.69) is 4.98 Å². The number of halogens is 7. The van der Waals surface area contributed by atoms with Crippen molar-refractivity contribution < 1.29 is 51.3 Å². The Labute approximate surface area is 325 Å². The molecular formula is C37H29Cl3F4N4O7. The third-order valence-electron chi connectivity index (χ3n) is 10.6. The average Bonchev–Trinajstić information content (AvgIpc) is 3.48. The van der Waals surface area contributed by atoms with E-state index in [-0.39, 0.29) is 34.4 Å². The summed E-state index contributed by atoms with van der Waals surface area (Å²) in [6.07, 6.45) is -0.605. The van der Waals surface area contributed by atoms with Gasteiger partial charge in [-0.25, -0.2) is 14.3 Å². The monoisotopic (exact) mass is 822 g/mol. The van der Waals surface area contributed by atoms with Gasteiger partial charge in [-0.15, -0.1) is 23.2 Å². The zero-order valence-corrected chi connectivity index (χ0v) is 31.2. The largest absolute Gasteiger partial charge is 0.502 e. The van der Waals surface area contributed by atoms with Crippen LogP contribution in [0, 0.1) is 29.5 Å². The molecule has 1 N–H and O–H groups in total. The number of nitrogens with zero attached hydrogens (tertiary/aromatic N) is 4. The number of aromatic nitrogens is 1. The maximum Gasteiger partial charge on any atom is 0.433 e. The summed E-state index contributed by atoms with van der Waals surface area (Å²) in [5, 5.41) is 11.7. The van der Waals surface area contributed by atoms with Crippen molar-refractivity contribution >= 4 is 76.0 Å². The molecule has 6 unspecified atom stereocenters. The Morgan fingerprint density at radius 3 is 2.20 bits per heavy atom. The van der Waals surface area contributed by atoms with E-state index in [1.54, 1.807) is 6.08 Å². The molecule has 0 radical (unpaired) electrons. The molecule has 2 aliphatic heterocycles. The maximum absolute atomic E-state index is 14.5. The first-order valence-electron chi connectivity index (χ1n) is 16.6. The van der Waals surface area contributed by atoms with Crippen LogP contribution in [0.25, 0.3) is 6.08 Å². The van der Waals surface area contributed by atoms with E-state index in [1.807, 2.05) is 0 Å². The van der Waals surface area contributed by atoms with Gasteiger partial charge in [-0.05, 0) is 72.9 Å². The summed E-state index contributed by atoms with van der Waals surface area (Å²) in [4.78, 5) is 57.2. The van der Waals surface area contributed by atoms with Gasteiger partial charge >= 0.3 is 6.18 Å². The molecule has 2 aliphatic carbocycles. The molecule has 55 heavy (non-hydrogen) atoms. The molecule has 18 heteroatoms. The molecule has 7 rings (SSSR count). The first-order valence-corrected chi connectivity index (χ1v) is 17.7. The topological polar surface area (TPSA) is 130 Å². The Bertz CT molecular complexity index is 2200. The molecule has 288 valence electrons. The number of alkyl halides is 5. The van der Waals surface area contributed by atoms with Crippen molar-refractivity contribution in [3.8, 4) is 17.2 Å². The van der Waals surface area contributed by atoms with E-state index in [9.17, 15) is 41.8 Å². The average molecular weight is 824 g/mol. The molecule has 11 nitrogen and oxygen atoms in total. The molecule has 4 aliphatic rings. The minimum Gasteiger partial charge on any atom is -0.502 e. The predicted octanol–water partition coefficient (Wildman–Crippen LogP) is 6.78. The smallest absolute Gasteiger partial charge is 0.433 e. The van der Waals surface area contributed by atoms with Gasteiger partial charge in [0.15, 0.2) is 27.1 Å². The highest BCUT2D eigenvalue weighted by atomic mass is 35.5. The Morgan fingerprint density at radius 1 is 0.964 bits per heavy atom. The minimum absolute atomic E-state index is 0.0122. The number of amides is 4. The second kappa shape index (κ2) is 13.4. The first-order chi connectivity index (χ1) is 25.9. The van der Waals surface area contributed by atoms with Gasteiger partial charge < -0.3 is 14.6 Å². The second-order valence-electron chi connectivity index (χ2n) is 13.4. The van der Waals surface area contributed by atoms with E-state index in [0.717, 1.165) is 28.1 Å². The van der Waals surface area contributed by atoms with Crippen LogP contribution in [0.4, 0.5) is 29.1 Å². The van der Waals surface area contributed by atoms with Crippen LogP contribution in [-0.4, -0.2) is 69.7 Å². The standard InChI is InChI=1S/C37H29Cl3F4N4O7/c1-46(30-24(38)12-13-27(45-30)37(42,43)44)48-31(50)21-10-9-20-22(28(21)32(48)51)16-35(39)33(52)47(19-7-5-18(41)6-8-19)34(53)36(35,40)23(20)11-4-17-14-25(54-2)29(49)26(15-17)55-3/h4-9,11-15,21-23,28,49H,10,16H2,1-3H3. The van der Waals surface area contributed by atoms with Crippen LogP contribution >= 0.6 is 34.8 Å². The molecular weight excluding hydrogens is 795 g/mol. The maximum atomic E-state index is 14.5. The summed E-state index contributed by atoms with van der Waals surface area (Å²) in [7, 11) is 3.84. The van der Waals surface area contributed by atoms with Gasteiger partial charge in [0.1, 0.15) is 11.5 Å². The Kier molecular flexibility index (Phi) is 9.37. The van der Waals surface area contributed by atoms with E-state index < -0.39 is 87.0 Å². The van der Waals surface area contributed by atoms with Crippen molar-refractivity contribution in [2.75, 3.05) is 31.2 Å². The van der Waals surface area contributed by atoms with Crippen LogP contribution in [0.3, 0.4) is 0 Å². The Morgan fingerprint density at radius 2 is 1.60 bits per heavy atom. The molecule has 0 bridgehead atoms. The van der Waals surface area contributed by atoms with E-state index in [0.29, 0.717) is 22.2 Å². The summed E-state index contributed by atoms with van der Waals surface area (Å²) in [5.41, 5.74) is -0.505. The number of carbonyl (C=O) groups is 4. The number of anilines is 2. The van der Waals surface area contributed by atoms with E-state index in [1.165, 1.54) is 57.7 Å². The molecule has 2 saturated heterocycles. The number of benzene rings is 2. The number of pyridine rings is 1. The number of rotatable bonds is 7. The Balaban J connectivity index is 1.34. The van der Waals surface area contributed by atoms with Gasteiger partial charge in [0.05, 0.1) is 36.8 Å². The number of phenols is 1. The summed E-state index contributed by atoms with van der Waals surface area (Å²) in [6, 6.07) is 9.09. The lowest BCUT2D eigenvalue weighted by molar-refractivity contribution is -0.141. The fraction of sp³-hybridized carbons (Fsp3) is 0.324. The lowest BCUT2D eigenvalue weighted by atomic mass is 9.57. The summed E-state index contributed by atoms with van der Waals surface area (Å²) >= 11 is 20.9. The predicted molar refractivity (Wildman–Crippen MR) is 192 cm³/mol. The summed E-state index contributed by atoms with van der Waals surface area (Å²) in [5.74, 6) is -9.22. The van der Waals surface area contributed by atoms with Crippen LogP contribution in [0.2, 0.25) is 5.02 Å². The van der Waals surface area contributed by atoms with Gasteiger partial charge in [-0.3, -0.25) is 24.2 Å². The van der Waals surface area contributed by atoms with Crippen LogP contribution in [-0.2, 0) is 25.4 Å². The second-order valence-corrected chi connectivity index (χ2v) is 15.1. The summed E-state index contributed by atoms with van der Waals surface area (Å²) < 4.78 is 65.3. The SMILES string of the molecule is COc1cc(C=CC2C3=CCC4C(=O)N(N(C)c5nc(C(F)(F)F)ccc5Cl)C(=O)C4C3CC3(Cl)C(=O)N(c4ccc(F)cc4)C(=O)C23Cl)cc(OC)c1O. The number of ether oxygens (including phenoxy) is 2. The van der Waals surface area contributed by atoms with Crippen molar-refractivity contribution in [1.29, 1.82) is 0 Å². The Hall–Kier alpha value is -4.86. The van der Waals surface area contributed by atoms with Gasteiger partial charge in [0.2, 0.25) is 5.75 Å². The van der Waals surface area contributed by atoms with Crippen LogP contribution in [0.5, 0.6) is 17.2 Å². The van der Waals surface area contributed by atoms with Crippen molar-refractivity contribution in [3.63, 3.8) is 0 Å². The number of hydrogen-bond acceptors (Lipinski definition) is 9. The summed E-state index contributed by atoms with van der Waals surface area (Å²) in [6.45, 7) is 0. The fourth-order valence-corrected chi connectivity index (χ4v) is 9.17. The van der Waals surface area contributed by atoms with E-state index >= 15 is 0 Å². The number of methoxy groups -OCH3 is 2. The third-order valence-corrected chi connectivity index (χ3v) is 12.4. The molecule has 3 fully saturated rings. The normalized spacial score (nSPS) is 27.6. The number of hydrazine groups is 1. The number of allylic oxidation sites excluding steroid dienone is 3. The zero-order chi connectivity index (χ0) is 39.9. The number of hydrogen-bond donors (Lipinski definition) is 1. The number of imide groups is 2. The van der Waals surface area contributed by atoms with Gasteiger partial charge in [-0.1, -0.05) is 35.4 Å². The lowest BCUT2D eigenvalue weighted by Gasteiger charge is -2.49. The zero-order valence-electron chi connectivity index (χ0n) is 28.9. The minimum atomic E-state index is -4.86. The van der Waals surface area contributed by atoms with Crippen LogP contribution < -0.4 is 19.4 Å². The van der Waals surface area contributed by atoms with Crippen molar-refractivity contribution in [1.82, 2.24) is 9.99 Å². The highest BCUT2D eigenvalue weighted by molar-refractivity contribution is 6.58. The highest BCUT2D eigenvalue weighted by Crippen LogP contribution is 2.63.